The first-order valence-corrected chi connectivity index (χ1v) is 13.7. The standard InChI is InChI=1S/C30H30ClN7O/c1-20-12-13-27-23(15-20)16-25(30(39)33-27)28(29-34-35-36-38(29)24-9-3-4-10-24)37(18-21-7-6-14-32-17-21)19-22-8-2-5-11-26(22)31/h2,5-8,11-17,24,28H,3-4,9-10,18-19H2,1H3,(H,33,39)/t28-/m1/s1. The molecule has 1 N–H and O–H groups in total. The van der Waals surface area contributed by atoms with Crippen LogP contribution in [0.1, 0.15) is 65.8 Å². The second kappa shape index (κ2) is 11.1. The highest BCUT2D eigenvalue weighted by molar-refractivity contribution is 6.31. The Bertz CT molecular complexity index is 1640. The fraction of sp³-hybridized carbons (Fsp3) is 0.300. The second-order valence-corrected chi connectivity index (χ2v) is 10.7. The van der Waals surface area contributed by atoms with Crippen molar-refractivity contribution in [1.29, 1.82) is 0 Å². The highest BCUT2D eigenvalue weighted by atomic mass is 35.5. The van der Waals surface area contributed by atoms with Crippen molar-refractivity contribution in [2.45, 2.75) is 57.8 Å². The zero-order valence-electron chi connectivity index (χ0n) is 21.8. The molecule has 8 nitrogen and oxygen atoms in total. The zero-order chi connectivity index (χ0) is 26.8. The molecule has 0 aliphatic heterocycles. The highest BCUT2D eigenvalue weighted by Crippen LogP contribution is 2.35. The first-order chi connectivity index (χ1) is 19.1. The lowest BCUT2D eigenvalue weighted by Gasteiger charge is -2.32. The first kappa shape index (κ1) is 25.4. The van der Waals surface area contributed by atoms with Gasteiger partial charge in [0.15, 0.2) is 5.82 Å². The van der Waals surface area contributed by atoms with Crippen molar-refractivity contribution >= 4 is 22.5 Å². The Hall–Kier alpha value is -3.88. The van der Waals surface area contributed by atoms with Crippen LogP contribution in [0, 0.1) is 6.92 Å². The van der Waals surface area contributed by atoms with E-state index in [0.29, 0.717) is 29.5 Å². The molecule has 1 fully saturated rings. The SMILES string of the molecule is Cc1ccc2[nH]c(=O)c([C@H](c3nnnn3C3CCCC3)N(Cc3cccnc3)Cc3ccccc3Cl)cc2c1. The number of pyridine rings is 2. The Morgan fingerprint density at radius 2 is 1.92 bits per heavy atom. The van der Waals surface area contributed by atoms with Crippen LogP contribution in [-0.2, 0) is 13.1 Å². The molecule has 1 aliphatic rings. The van der Waals surface area contributed by atoms with Crippen LogP contribution in [-0.4, -0.2) is 35.1 Å². The summed E-state index contributed by atoms with van der Waals surface area (Å²) < 4.78 is 1.94. The van der Waals surface area contributed by atoms with E-state index in [2.05, 4.69) is 43.4 Å². The molecule has 1 saturated carbocycles. The largest absolute Gasteiger partial charge is 0.322 e. The predicted molar refractivity (Wildman–Crippen MR) is 151 cm³/mol. The molecule has 1 atom stereocenters. The second-order valence-electron chi connectivity index (χ2n) is 10.3. The van der Waals surface area contributed by atoms with Crippen molar-refractivity contribution in [2.24, 2.45) is 0 Å². The third kappa shape index (κ3) is 5.35. The minimum absolute atomic E-state index is 0.160. The van der Waals surface area contributed by atoms with Gasteiger partial charge in [-0.1, -0.05) is 60.3 Å². The molecule has 0 unspecified atom stereocenters. The summed E-state index contributed by atoms with van der Waals surface area (Å²) >= 11 is 6.66. The molecule has 198 valence electrons. The van der Waals surface area contributed by atoms with E-state index in [0.717, 1.165) is 53.3 Å². The van der Waals surface area contributed by atoms with Crippen LogP contribution in [0.15, 0.2) is 77.9 Å². The number of rotatable bonds is 8. The summed E-state index contributed by atoms with van der Waals surface area (Å²) in [6, 6.07) is 19.5. The van der Waals surface area contributed by atoms with Gasteiger partial charge in [0, 0.05) is 41.6 Å². The molecule has 9 heteroatoms. The molecular weight excluding hydrogens is 510 g/mol. The zero-order valence-corrected chi connectivity index (χ0v) is 22.6. The van der Waals surface area contributed by atoms with Gasteiger partial charge in [0.1, 0.15) is 6.04 Å². The van der Waals surface area contributed by atoms with Gasteiger partial charge in [0.25, 0.3) is 5.56 Å². The van der Waals surface area contributed by atoms with Gasteiger partial charge >= 0.3 is 0 Å². The van der Waals surface area contributed by atoms with Crippen molar-refractivity contribution in [3.8, 4) is 0 Å². The average molecular weight is 540 g/mol. The van der Waals surface area contributed by atoms with E-state index < -0.39 is 6.04 Å². The van der Waals surface area contributed by atoms with Gasteiger partial charge in [-0.05, 0) is 77.0 Å². The molecule has 5 aromatic rings. The van der Waals surface area contributed by atoms with Gasteiger partial charge in [0.2, 0.25) is 0 Å². The van der Waals surface area contributed by atoms with Crippen molar-refractivity contribution in [3.63, 3.8) is 0 Å². The van der Waals surface area contributed by atoms with Gasteiger partial charge in [-0.2, -0.15) is 0 Å². The van der Waals surface area contributed by atoms with E-state index in [9.17, 15) is 4.79 Å². The molecular formula is C30H30ClN7O. The third-order valence-electron chi connectivity index (χ3n) is 7.56. The molecule has 3 aromatic heterocycles. The van der Waals surface area contributed by atoms with E-state index >= 15 is 0 Å². The number of halogens is 1. The monoisotopic (exact) mass is 539 g/mol. The summed E-state index contributed by atoms with van der Waals surface area (Å²) in [7, 11) is 0. The van der Waals surface area contributed by atoms with Crippen molar-refractivity contribution < 1.29 is 0 Å². The van der Waals surface area contributed by atoms with E-state index in [-0.39, 0.29) is 11.6 Å². The minimum atomic E-state index is -0.522. The molecule has 3 heterocycles. The summed E-state index contributed by atoms with van der Waals surface area (Å²) in [5.41, 5.74) is 4.33. The van der Waals surface area contributed by atoms with E-state index in [1.54, 1.807) is 6.20 Å². The molecule has 0 spiro atoms. The summed E-state index contributed by atoms with van der Waals surface area (Å²) in [4.78, 5) is 23.4. The van der Waals surface area contributed by atoms with Gasteiger partial charge in [0.05, 0.1) is 6.04 Å². The quantitative estimate of drug-likeness (QED) is 0.269. The molecule has 0 saturated heterocycles. The maximum Gasteiger partial charge on any atom is 0.253 e. The number of aromatic nitrogens is 6. The number of hydrogen-bond acceptors (Lipinski definition) is 6. The normalized spacial score (nSPS) is 14.8. The van der Waals surface area contributed by atoms with Crippen LogP contribution >= 0.6 is 11.6 Å². The summed E-state index contributed by atoms with van der Waals surface area (Å²) in [5.74, 6) is 0.662. The summed E-state index contributed by atoms with van der Waals surface area (Å²) in [6.45, 7) is 3.06. The van der Waals surface area contributed by atoms with Crippen molar-refractivity contribution in [2.75, 3.05) is 0 Å². The molecule has 6 rings (SSSR count). The molecule has 0 radical (unpaired) electrons. The topological polar surface area (TPSA) is 92.6 Å². The maximum absolute atomic E-state index is 13.8. The van der Waals surface area contributed by atoms with Gasteiger partial charge < -0.3 is 4.98 Å². The Balaban J connectivity index is 1.55. The maximum atomic E-state index is 13.8. The molecule has 0 amide bonds. The van der Waals surface area contributed by atoms with Crippen LogP contribution in [0.5, 0.6) is 0 Å². The highest BCUT2D eigenvalue weighted by Gasteiger charge is 2.33. The van der Waals surface area contributed by atoms with Crippen LogP contribution < -0.4 is 5.56 Å². The number of aromatic amines is 1. The van der Waals surface area contributed by atoms with Crippen LogP contribution in [0.2, 0.25) is 5.02 Å². The number of aryl methyl sites for hydroxylation is 1. The van der Waals surface area contributed by atoms with Crippen molar-refractivity contribution in [3.05, 3.63) is 117 Å². The van der Waals surface area contributed by atoms with Crippen LogP contribution in [0.4, 0.5) is 0 Å². The fourth-order valence-corrected chi connectivity index (χ4v) is 5.84. The van der Waals surface area contributed by atoms with Crippen molar-refractivity contribution in [1.82, 2.24) is 35.1 Å². The lowest BCUT2D eigenvalue weighted by Crippen LogP contribution is -2.35. The smallest absolute Gasteiger partial charge is 0.253 e. The minimum Gasteiger partial charge on any atom is -0.322 e. The number of tetrazole rings is 1. The van der Waals surface area contributed by atoms with Gasteiger partial charge in [-0.15, -0.1) is 5.10 Å². The van der Waals surface area contributed by atoms with Gasteiger partial charge in [-0.25, -0.2) is 4.68 Å². The molecule has 2 aromatic carbocycles. The number of nitrogens with one attached hydrogen (secondary N) is 1. The Morgan fingerprint density at radius 3 is 2.72 bits per heavy atom. The predicted octanol–water partition coefficient (Wildman–Crippen LogP) is 5.78. The first-order valence-electron chi connectivity index (χ1n) is 13.3. The number of fused-ring (bicyclic) bond motifs is 1. The van der Waals surface area contributed by atoms with Crippen LogP contribution in [0.25, 0.3) is 10.9 Å². The summed E-state index contributed by atoms with van der Waals surface area (Å²) in [5, 5.41) is 14.8. The molecule has 39 heavy (non-hydrogen) atoms. The molecule has 0 bridgehead atoms. The van der Waals surface area contributed by atoms with E-state index in [1.165, 1.54) is 0 Å². The van der Waals surface area contributed by atoms with Crippen LogP contribution in [0.3, 0.4) is 0 Å². The van der Waals surface area contributed by atoms with E-state index in [1.807, 2.05) is 65.5 Å². The Kier molecular flexibility index (Phi) is 7.22. The van der Waals surface area contributed by atoms with Gasteiger partial charge in [-0.3, -0.25) is 14.7 Å². The Labute approximate surface area is 231 Å². The number of H-pyrrole nitrogens is 1. The number of nitrogens with zero attached hydrogens (tertiary/aromatic N) is 6. The fourth-order valence-electron chi connectivity index (χ4n) is 5.64. The lowest BCUT2D eigenvalue weighted by molar-refractivity contribution is 0.190. The summed E-state index contributed by atoms with van der Waals surface area (Å²) in [6.07, 6.45) is 7.93. The number of hydrogen-bond donors (Lipinski definition) is 1. The van der Waals surface area contributed by atoms with E-state index in [4.69, 9.17) is 11.6 Å². The third-order valence-corrected chi connectivity index (χ3v) is 7.93. The number of benzene rings is 2. The average Bonchev–Trinajstić information content (AvgIpc) is 3.64. The lowest BCUT2D eigenvalue weighted by atomic mass is 10.0. The Morgan fingerprint density at radius 1 is 1.08 bits per heavy atom. The molecule has 1 aliphatic carbocycles.